The lowest BCUT2D eigenvalue weighted by Gasteiger charge is -2.32. The fourth-order valence-corrected chi connectivity index (χ4v) is 3.01. The summed E-state index contributed by atoms with van der Waals surface area (Å²) in [6, 6.07) is 0. The molecule has 3 rings (SSSR count). The smallest absolute Gasteiger partial charge is 0.398 e. The largest absolute Gasteiger partial charge is 0.525 e. The zero-order chi connectivity index (χ0) is 15.4. The molecule has 0 unspecified atom stereocenters. The second-order valence-corrected chi connectivity index (χ2v) is 7.13. The topological polar surface area (TPSA) is 35.8 Å². The van der Waals surface area contributed by atoms with Crippen LogP contribution in [0.2, 0.25) is 0 Å². The van der Waals surface area contributed by atoms with Crippen LogP contribution < -0.4 is 0 Å². The van der Waals surface area contributed by atoms with Crippen molar-refractivity contribution in [3.8, 4) is 0 Å². The number of thiazole rings is 1. The molecule has 21 heavy (non-hydrogen) atoms. The average molecular weight is 308 g/mol. The molecule has 0 spiro atoms. The molecule has 4 nitrogen and oxygen atoms in total. The van der Waals surface area contributed by atoms with Gasteiger partial charge in [-0.25, -0.2) is 9.37 Å². The van der Waals surface area contributed by atoms with Crippen LogP contribution in [0.4, 0.5) is 4.39 Å². The number of hydrogen-bond donors (Lipinski definition) is 0. The van der Waals surface area contributed by atoms with Crippen molar-refractivity contribution < 1.29 is 13.7 Å². The molecule has 0 bridgehead atoms. The van der Waals surface area contributed by atoms with E-state index in [0.29, 0.717) is 0 Å². The van der Waals surface area contributed by atoms with E-state index in [1.54, 1.807) is 0 Å². The molecule has 1 aliphatic rings. The number of imidazole rings is 1. The second-order valence-electron chi connectivity index (χ2n) is 6.26. The van der Waals surface area contributed by atoms with Gasteiger partial charge >= 0.3 is 7.12 Å². The Morgan fingerprint density at radius 2 is 1.95 bits per heavy atom. The van der Waals surface area contributed by atoms with Gasteiger partial charge in [-0.3, -0.25) is 4.40 Å². The Balaban J connectivity index is 1.94. The van der Waals surface area contributed by atoms with Crippen LogP contribution in [0, 0.1) is 6.92 Å². The van der Waals surface area contributed by atoms with E-state index in [1.165, 1.54) is 17.4 Å². The Morgan fingerprint density at radius 1 is 1.33 bits per heavy atom. The number of fused-ring (bicyclic) bond motifs is 1. The van der Waals surface area contributed by atoms with Crippen LogP contribution in [0.1, 0.15) is 39.1 Å². The highest BCUT2D eigenvalue weighted by molar-refractivity contribution is 7.15. The van der Waals surface area contributed by atoms with Gasteiger partial charge in [-0.2, -0.15) is 0 Å². The normalized spacial score (nSPS) is 21.4. The van der Waals surface area contributed by atoms with Gasteiger partial charge in [0.15, 0.2) is 4.96 Å². The minimum absolute atomic E-state index is 0.440. The van der Waals surface area contributed by atoms with Gasteiger partial charge in [-0.05, 0) is 40.7 Å². The number of hydrogen-bond acceptors (Lipinski definition) is 4. The molecule has 1 saturated heterocycles. The van der Waals surface area contributed by atoms with E-state index < -0.39 is 24.0 Å². The third-order valence-electron chi connectivity index (χ3n) is 4.24. The quantitative estimate of drug-likeness (QED) is 0.795. The van der Waals surface area contributed by atoms with E-state index in [0.717, 1.165) is 16.3 Å². The van der Waals surface area contributed by atoms with Crippen molar-refractivity contribution in [2.45, 2.75) is 45.8 Å². The number of aryl methyl sites for hydroxylation is 1. The van der Waals surface area contributed by atoms with E-state index in [-0.39, 0.29) is 0 Å². The third kappa shape index (κ3) is 2.33. The predicted octanol–water partition coefficient (Wildman–Crippen LogP) is 3.65. The van der Waals surface area contributed by atoms with Gasteiger partial charge in [0.2, 0.25) is 0 Å². The maximum atomic E-state index is 14.5. The summed E-state index contributed by atoms with van der Waals surface area (Å²) in [5, 5.41) is 1.92. The molecule has 0 amide bonds. The first-order valence-electron chi connectivity index (χ1n) is 6.86. The number of rotatable bonds is 2. The first-order chi connectivity index (χ1) is 9.71. The number of aromatic nitrogens is 2. The lowest BCUT2D eigenvalue weighted by atomic mass is 9.87. The van der Waals surface area contributed by atoms with Crippen LogP contribution in [0.3, 0.4) is 0 Å². The molecule has 0 atom stereocenters. The molecular weight excluding hydrogens is 290 g/mol. The predicted molar refractivity (Wildman–Crippen MR) is 83.0 cm³/mol. The standard InChI is InChI=1S/C14H18BFN2O2S/c1-9-10(18-6-7-21-12(18)17-9)8-11(16)15-19-13(2,3)14(4,5)20-15/h6-8H,1-5H3. The minimum Gasteiger partial charge on any atom is -0.398 e. The third-order valence-corrected chi connectivity index (χ3v) is 4.99. The maximum absolute atomic E-state index is 14.5. The van der Waals surface area contributed by atoms with E-state index in [1.807, 2.05) is 50.6 Å². The van der Waals surface area contributed by atoms with Gasteiger partial charge in [0.1, 0.15) is 5.73 Å². The van der Waals surface area contributed by atoms with E-state index in [9.17, 15) is 4.39 Å². The Bertz CT molecular complexity index is 704. The average Bonchev–Trinajstić information content (AvgIpc) is 2.96. The molecular formula is C14H18BFN2O2S. The van der Waals surface area contributed by atoms with Crippen molar-refractivity contribution in [3.05, 3.63) is 28.7 Å². The molecule has 0 saturated carbocycles. The first kappa shape index (κ1) is 14.7. The Labute approximate surface area is 127 Å². The lowest BCUT2D eigenvalue weighted by Crippen LogP contribution is -2.41. The van der Waals surface area contributed by atoms with Crippen LogP contribution in [-0.2, 0) is 9.31 Å². The summed E-state index contributed by atoms with van der Waals surface area (Å²) in [5.41, 5.74) is -0.0308. The molecule has 7 heteroatoms. The molecule has 2 aromatic rings. The zero-order valence-corrected chi connectivity index (χ0v) is 13.6. The summed E-state index contributed by atoms with van der Waals surface area (Å²) in [4.78, 5) is 5.25. The highest BCUT2D eigenvalue weighted by Gasteiger charge is 2.53. The summed E-state index contributed by atoms with van der Waals surface area (Å²) in [6.45, 7) is 9.48. The van der Waals surface area contributed by atoms with E-state index >= 15 is 0 Å². The Hall–Kier alpha value is -1.18. The van der Waals surface area contributed by atoms with Gasteiger partial charge in [0, 0.05) is 11.6 Å². The van der Waals surface area contributed by atoms with Gasteiger partial charge < -0.3 is 9.31 Å². The molecule has 112 valence electrons. The van der Waals surface area contributed by atoms with Crippen molar-refractivity contribution in [1.82, 2.24) is 9.38 Å². The fourth-order valence-electron chi connectivity index (χ4n) is 2.24. The molecule has 2 aromatic heterocycles. The van der Waals surface area contributed by atoms with Crippen LogP contribution in [0.5, 0.6) is 0 Å². The molecule has 0 radical (unpaired) electrons. The lowest BCUT2D eigenvalue weighted by molar-refractivity contribution is 0.00578. The van der Waals surface area contributed by atoms with Crippen LogP contribution in [0.25, 0.3) is 11.0 Å². The van der Waals surface area contributed by atoms with Gasteiger partial charge in [0.25, 0.3) is 0 Å². The van der Waals surface area contributed by atoms with E-state index in [2.05, 4.69) is 4.98 Å². The van der Waals surface area contributed by atoms with Gasteiger partial charge in [0.05, 0.1) is 22.6 Å². The van der Waals surface area contributed by atoms with Crippen LogP contribution in [-0.4, -0.2) is 27.7 Å². The molecule has 0 aliphatic carbocycles. The molecule has 3 heterocycles. The monoisotopic (exact) mass is 308 g/mol. The maximum Gasteiger partial charge on any atom is 0.525 e. The summed E-state index contributed by atoms with van der Waals surface area (Å²) < 4.78 is 27.8. The molecule has 1 fully saturated rings. The van der Waals surface area contributed by atoms with Gasteiger partial charge in [-0.15, -0.1) is 11.3 Å². The summed E-state index contributed by atoms with van der Waals surface area (Å²) in [5.74, 6) is 0. The van der Waals surface area contributed by atoms with Crippen LogP contribution in [0.15, 0.2) is 17.3 Å². The summed E-state index contributed by atoms with van der Waals surface area (Å²) in [7, 11) is -0.974. The molecule has 1 aliphatic heterocycles. The van der Waals surface area contributed by atoms with Crippen molar-refractivity contribution >= 4 is 29.5 Å². The number of halogens is 1. The highest BCUT2D eigenvalue weighted by atomic mass is 32.1. The number of nitrogens with zero attached hydrogens (tertiary/aromatic N) is 2. The Kier molecular flexibility index (Phi) is 3.27. The molecule has 0 aromatic carbocycles. The second kappa shape index (κ2) is 4.66. The van der Waals surface area contributed by atoms with Gasteiger partial charge in [-0.1, -0.05) is 0 Å². The SMILES string of the molecule is Cc1nc2sccn2c1C=C(F)B1OC(C)(C)C(C)(C)O1. The molecule has 0 N–H and O–H groups in total. The summed E-state index contributed by atoms with van der Waals surface area (Å²) in [6.07, 6.45) is 3.33. The van der Waals surface area contributed by atoms with E-state index in [4.69, 9.17) is 9.31 Å². The summed E-state index contributed by atoms with van der Waals surface area (Å²) >= 11 is 1.52. The Morgan fingerprint density at radius 3 is 2.57 bits per heavy atom. The first-order valence-corrected chi connectivity index (χ1v) is 7.74. The fraction of sp³-hybridized carbons (Fsp3) is 0.500. The van der Waals surface area contributed by atoms with Crippen molar-refractivity contribution in [1.29, 1.82) is 0 Å². The minimum atomic E-state index is -0.974. The zero-order valence-electron chi connectivity index (χ0n) is 12.8. The van der Waals surface area contributed by atoms with Crippen LogP contribution >= 0.6 is 11.3 Å². The highest BCUT2D eigenvalue weighted by Crippen LogP contribution is 2.39. The van der Waals surface area contributed by atoms with Crippen molar-refractivity contribution in [2.75, 3.05) is 0 Å². The van der Waals surface area contributed by atoms with Crippen molar-refractivity contribution in [2.24, 2.45) is 0 Å². The van der Waals surface area contributed by atoms with Crippen molar-refractivity contribution in [3.63, 3.8) is 0 Å².